The van der Waals surface area contributed by atoms with Gasteiger partial charge in [0.1, 0.15) is 0 Å². The Hall–Kier alpha value is -0.380. The molecule has 1 atom stereocenters. The SMILES string of the molecule is CC(CCN)NCc1ccccc1Br. The third-order valence-electron chi connectivity index (χ3n) is 2.20. The third kappa shape index (κ3) is 3.78. The van der Waals surface area contributed by atoms with E-state index in [-0.39, 0.29) is 0 Å². The predicted molar refractivity (Wildman–Crippen MR) is 64.1 cm³/mol. The Labute approximate surface area is 94.0 Å². The molecule has 0 radical (unpaired) electrons. The fraction of sp³-hybridized carbons (Fsp3) is 0.455. The lowest BCUT2D eigenvalue weighted by Crippen LogP contribution is -2.27. The van der Waals surface area contributed by atoms with Gasteiger partial charge in [-0.25, -0.2) is 0 Å². The van der Waals surface area contributed by atoms with E-state index < -0.39 is 0 Å². The first-order valence-corrected chi connectivity index (χ1v) is 5.70. The topological polar surface area (TPSA) is 38.0 Å². The van der Waals surface area contributed by atoms with E-state index in [1.54, 1.807) is 0 Å². The minimum atomic E-state index is 0.479. The van der Waals surface area contributed by atoms with Crippen molar-refractivity contribution in [3.8, 4) is 0 Å². The number of rotatable bonds is 5. The smallest absolute Gasteiger partial charge is 0.0220 e. The Morgan fingerprint density at radius 3 is 2.79 bits per heavy atom. The van der Waals surface area contributed by atoms with Crippen molar-refractivity contribution in [2.75, 3.05) is 6.54 Å². The van der Waals surface area contributed by atoms with Gasteiger partial charge < -0.3 is 11.1 Å². The summed E-state index contributed by atoms with van der Waals surface area (Å²) >= 11 is 3.52. The molecule has 0 fully saturated rings. The van der Waals surface area contributed by atoms with Crippen LogP contribution in [0.5, 0.6) is 0 Å². The molecular weight excluding hydrogens is 240 g/mol. The maximum Gasteiger partial charge on any atom is 0.0220 e. The van der Waals surface area contributed by atoms with E-state index >= 15 is 0 Å². The van der Waals surface area contributed by atoms with Crippen molar-refractivity contribution in [1.29, 1.82) is 0 Å². The van der Waals surface area contributed by atoms with Crippen molar-refractivity contribution in [3.05, 3.63) is 34.3 Å². The molecule has 14 heavy (non-hydrogen) atoms. The molecular formula is C11H17BrN2. The fourth-order valence-corrected chi connectivity index (χ4v) is 1.70. The molecule has 3 N–H and O–H groups in total. The van der Waals surface area contributed by atoms with E-state index in [1.165, 1.54) is 5.56 Å². The molecule has 2 nitrogen and oxygen atoms in total. The number of nitrogens with one attached hydrogen (secondary N) is 1. The van der Waals surface area contributed by atoms with Crippen LogP contribution in [0.2, 0.25) is 0 Å². The molecule has 0 aliphatic carbocycles. The molecule has 0 amide bonds. The minimum absolute atomic E-state index is 0.479. The second-order valence-electron chi connectivity index (χ2n) is 3.45. The molecule has 1 aromatic carbocycles. The Morgan fingerprint density at radius 2 is 2.14 bits per heavy atom. The molecule has 1 rings (SSSR count). The molecule has 0 bridgehead atoms. The summed E-state index contributed by atoms with van der Waals surface area (Å²) in [5.74, 6) is 0. The zero-order valence-electron chi connectivity index (χ0n) is 8.46. The first-order valence-electron chi connectivity index (χ1n) is 4.91. The molecule has 78 valence electrons. The van der Waals surface area contributed by atoms with Gasteiger partial charge in [-0.15, -0.1) is 0 Å². The summed E-state index contributed by atoms with van der Waals surface area (Å²) in [6, 6.07) is 8.73. The van der Waals surface area contributed by atoms with Crippen molar-refractivity contribution in [1.82, 2.24) is 5.32 Å². The van der Waals surface area contributed by atoms with Crippen LogP contribution in [0.3, 0.4) is 0 Å². The number of nitrogens with two attached hydrogens (primary N) is 1. The lowest BCUT2D eigenvalue weighted by Gasteiger charge is -2.13. The molecule has 0 aliphatic rings. The van der Waals surface area contributed by atoms with E-state index in [9.17, 15) is 0 Å². The highest BCUT2D eigenvalue weighted by Gasteiger charge is 2.01. The number of hydrogen-bond donors (Lipinski definition) is 2. The number of benzene rings is 1. The maximum atomic E-state index is 5.48. The van der Waals surface area contributed by atoms with Crippen LogP contribution in [-0.2, 0) is 6.54 Å². The number of halogens is 1. The van der Waals surface area contributed by atoms with E-state index in [4.69, 9.17) is 5.73 Å². The maximum absolute atomic E-state index is 5.48. The lowest BCUT2D eigenvalue weighted by atomic mass is 10.2. The highest BCUT2D eigenvalue weighted by molar-refractivity contribution is 9.10. The summed E-state index contributed by atoms with van der Waals surface area (Å²) in [4.78, 5) is 0. The number of hydrogen-bond acceptors (Lipinski definition) is 2. The second-order valence-corrected chi connectivity index (χ2v) is 4.31. The molecule has 1 aromatic rings. The standard InChI is InChI=1S/C11H17BrN2/c1-9(6-7-13)14-8-10-4-2-3-5-11(10)12/h2-5,9,14H,6-8,13H2,1H3. The summed E-state index contributed by atoms with van der Waals surface area (Å²) in [6.45, 7) is 3.79. The Morgan fingerprint density at radius 1 is 1.43 bits per heavy atom. The van der Waals surface area contributed by atoms with E-state index in [1.807, 2.05) is 6.07 Å². The fourth-order valence-electron chi connectivity index (χ4n) is 1.28. The van der Waals surface area contributed by atoms with Crippen LogP contribution in [-0.4, -0.2) is 12.6 Å². The molecule has 3 heteroatoms. The molecule has 0 saturated carbocycles. The summed E-state index contributed by atoms with van der Waals surface area (Å²) in [7, 11) is 0. The van der Waals surface area contributed by atoms with Gasteiger partial charge in [0, 0.05) is 17.1 Å². The first-order chi connectivity index (χ1) is 6.74. The second kappa shape index (κ2) is 6.17. The predicted octanol–water partition coefficient (Wildman–Crippen LogP) is 2.28. The normalized spacial score (nSPS) is 12.8. The highest BCUT2D eigenvalue weighted by Crippen LogP contribution is 2.15. The van der Waals surface area contributed by atoms with Gasteiger partial charge in [-0.2, -0.15) is 0 Å². The van der Waals surface area contributed by atoms with Crippen LogP contribution in [0.15, 0.2) is 28.7 Å². The Kier molecular flexibility index (Phi) is 5.15. The zero-order valence-corrected chi connectivity index (χ0v) is 10.0. The van der Waals surface area contributed by atoms with E-state index in [0.29, 0.717) is 6.04 Å². The molecule has 0 spiro atoms. The molecule has 0 heterocycles. The monoisotopic (exact) mass is 256 g/mol. The van der Waals surface area contributed by atoms with Crippen LogP contribution >= 0.6 is 15.9 Å². The van der Waals surface area contributed by atoms with Crippen LogP contribution in [0.25, 0.3) is 0 Å². The van der Waals surface area contributed by atoms with Crippen molar-refractivity contribution < 1.29 is 0 Å². The van der Waals surface area contributed by atoms with Gasteiger partial charge in [0.2, 0.25) is 0 Å². The highest BCUT2D eigenvalue weighted by atomic mass is 79.9. The van der Waals surface area contributed by atoms with Gasteiger partial charge in [0.15, 0.2) is 0 Å². The average Bonchev–Trinajstić information content (AvgIpc) is 2.17. The van der Waals surface area contributed by atoms with Crippen LogP contribution < -0.4 is 11.1 Å². The van der Waals surface area contributed by atoms with Crippen molar-refractivity contribution in [2.45, 2.75) is 25.9 Å². The zero-order chi connectivity index (χ0) is 10.4. The summed E-state index contributed by atoms with van der Waals surface area (Å²) < 4.78 is 1.16. The largest absolute Gasteiger partial charge is 0.330 e. The third-order valence-corrected chi connectivity index (χ3v) is 2.97. The molecule has 0 saturated heterocycles. The van der Waals surface area contributed by atoms with Gasteiger partial charge in [0.25, 0.3) is 0 Å². The molecule has 0 aliphatic heterocycles. The first kappa shape index (κ1) is 11.7. The molecule has 0 aromatic heterocycles. The van der Waals surface area contributed by atoms with Gasteiger partial charge in [0.05, 0.1) is 0 Å². The van der Waals surface area contributed by atoms with Gasteiger partial charge in [-0.3, -0.25) is 0 Å². The summed E-state index contributed by atoms with van der Waals surface area (Å²) in [6.07, 6.45) is 1.02. The van der Waals surface area contributed by atoms with Gasteiger partial charge >= 0.3 is 0 Å². The van der Waals surface area contributed by atoms with Gasteiger partial charge in [-0.05, 0) is 31.5 Å². The van der Waals surface area contributed by atoms with E-state index in [2.05, 4.69) is 46.4 Å². The quantitative estimate of drug-likeness (QED) is 0.849. The average molecular weight is 257 g/mol. The van der Waals surface area contributed by atoms with E-state index in [0.717, 1.165) is 24.0 Å². The molecule has 1 unspecified atom stereocenters. The summed E-state index contributed by atoms with van der Waals surface area (Å²) in [5.41, 5.74) is 6.77. The van der Waals surface area contributed by atoms with Crippen molar-refractivity contribution in [2.24, 2.45) is 5.73 Å². The van der Waals surface area contributed by atoms with Crippen LogP contribution in [0, 0.1) is 0 Å². The minimum Gasteiger partial charge on any atom is -0.330 e. The van der Waals surface area contributed by atoms with Crippen molar-refractivity contribution in [3.63, 3.8) is 0 Å². The van der Waals surface area contributed by atoms with Crippen LogP contribution in [0.4, 0.5) is 0 Å². The van der Waals surface area contributed by atoms with Crippen molar-refractivity contribution >= 4 is 15.9 Å². The van der Waals surface area contributed by atoms with Crippen LogP contribution in [0.1, 0.15) is 18.9 Å². The Bertz CT molecular complexity index is 276. The summed E-state index contributed by atoms with van der Waals surface area (Å²) in [5, 5.41) is 3.43. The van der Waals surface area contributed by atoms with Gasteiger partial charge in [-0.1, -0.05) is 34.1 Å². The Balaban J connectivity index is 2.41. The lowest BCUT2D eigenvalue weighted by molar-refractivity contribution is 0.519.